The third kappa shape index (κ3) is 1.72. The van der Waals surface area contributed by atoms with E-state index in [2.05, 4.69) is 10.6 Å². The number of carbonyl (C=O) groups is 1. The number of hydrogen-bond acceptors (Lipinski definition) is 3. The molecular formula is C14H18N2O2. The molecule has 0 bridgehead atoms. The first-order valence-corrected chi connectivity index (χ1v) is 6.59. The first-order chi connectivity index (χ1) is 8.71. The van der Waals surface area contributed by atoms with Crippen molar-refractivity contribution < 1.29 is 9.90 Å². The van der Waals surface area contributed by atoms with Crippen LogP contribution in [0.25, 0.3) is 0 Å². The molecule has 0 radical (unpaired) electrons. The highest BCUT2D eigenvalue weighted by Gasteiger charge is 2.41. The van der Waals surface area contributed by atoms with E-state index in [1.165, 1.54) is 6.42 Å². The molecule has 2 aliphatic rings. The second-order valence-electron chi connectivity index (χ2n) is 5.35. The summed E-state index contributed by atoms with van der Waals surface area (Å²) >= 11 is 0. The summed E-state index contributed by atoms with van der Waals surface area (Å²) in [5.74, 6) is 0.177. The predicted octanol–water partition coefficient (Wildman–Crippen LogP) is 2.71. The van der Waals surface area contributed by atoms with Gasteiger partial charge in [-0.3, -0.25) is 4.79 Å². The Bertz CT molecular complexity index is 479. The van der Waals surface area contributed by atoms with Crippen LogP contribution in [0.2, 0.25) is 0 Å². The monoisotopic (exact) mass is 246 g/mol. The average molecular weight is 246 g/mol. The van der Waals surface area contributed by atoms with Crippen LogP contribution < -0.4 is 10.6 Å². The second kappa shape index (κ2) is 4.19. The number of aromatic hydroxyl groups is 1. The number of benzene rings is 1. The number of phenolic OH excluding ortho intramolecular Hbond substituents is 1. The molecule has 1 amide bonds. The van der Waals surface area contributed by atoms with Gasteiger partial charge in [0.15, 0.2) is 0 Å². The molecular weight excluding hydrogens is 228 g/mol. The molecule has 0 aromatic heterocycles. The SMILES string of the molecule is O=C1Nc2c(O)cccc2NCC12CCCCC2. The first-order valence-electron chi connectivity index (χ1n) is 6.59. The smallest absolute Gasteiger partial charge is 0.232 e. The Morgan fingerprint density at radius 1 is 1.17 bits per heavy atom. The van der Waals surface area contributed by atoms with E-state index in [-0.39, 0.29) is 17.1 Å². The van der Waals surface area contributed by atoms with Crippen molar-refractivity contribution >= 4 is 17.3 Å². The molecule has 1 spiro atoms. The molecule has 0 atom stereocenters. The van der Waals surface area contributed by atoms with Crippen LogP contribution in [0, 0.1) is 5.41 Å². The summed E-state index contributed by atoms with van der Waals surface area (Å²) < 4.78 is 0. The Morgan fingerprint density at radius 2 is 1.94 bits per heavy atom. The van der Waals surface area contributed by atoms with Gasteiger partial charge in [-0.05, 0) is 25.0 Å². The minimum Gasteiger partial charge on any atom is -0.506 e. The van der Waals surface area contributed by atoms with Crippen molar-refractivity contribution in [1.29, 1.82) is 0 Å². The minimum atomic E-state index is -0.302. The van der Waals surface area contributed by atoms with E-state index in [1.807, 2.05) is 6.07 Å². The first kappa shape index (κ1) is 11.4. The normalized spacial score (nSPS) is 21.7. The average Bonchev–Trinajstić information content (AvgIpc) is 2.52. The number of hydrogen-bond donors (Lipinski definition) is 3. The second-order valence-corrected chi connectivity index (χ2v) is 5.35. The Hall–Kier alpha value is -1.71. The number of amides is 1. The molecule has 4 nitrogen and oxygen atoms in total. The Morgan fingerprint density at radius 3 is 2.72 bits per heavy atom. The van der Waals surface area contributed by atoms with Gasteiger partial charge < -0.3 is 15.7 Å². The molecule has 1 aliphatic heterocycles. The number of carbonyl (C=O) groups excluding carboxylic acids is 1. The number of anilines is 2. The maximum Gasteiger partial charge on any atom is 0.232 e. The van der Waals surface area contributed by atoms with Crippen LogP contribution >= 0.6 is 0 Å². The van der Waals surface area contributed by atoms with Crippen molar-refractivity contribution in [2.45, 2.75) is 32.1 Å². The molecule has 1 fully saturated rings. The van der Waals surface area contributed by atoms with E-state index in [1.54, 1.807) is 12.1 Å². The summed E-state index contributed by atoms with van der Waals surface area (Å²) in [6, 6.07) is 5.27. The molecule has 0 unspecified atom stereocenters. The highest BCUT2D eigenvalue weighted by Crippen LogP contribution is 2.42. The van der Waals surface area contributed by atoms with E-state index in [0.29, 0.717) is 12.2 Å². The Kier molecular flexibility index (Phi) is 2.65. The molecule has 4 heteroatoms. The number of para-hydroxylation sites is 1. The zero-order valence-electron chi connectivity index (χ0n) is 10.3. The number of fused-ring (bicyclic) bond motifs is 1. The van der Waals surface area contributed by atoms with Crippen LogP contribution in [-0.4, -0.2) is 17.6 Å². The fourth-order valence-electron chi connectivity index (χ4n) is 3.04. The summed E-state index contributed by atoms with van der Waals surface area (Å²) in [5.41, 5.74) is 1.03. The van der Waals surface area contributed by atoms with Gasteiger partial charge in [0.1, 0.15) is 11.4 Å². The lowest BCUT2D eigenvalue weighted by Crippen LogP contribution is -2.41. The van der Waals surface area contributed by atoms with E-state index in [0.717, 1.165) is 31.4 Å². The van der Waals surface area contributed by atoms with Crippen LogP contribution in [0.1, 0.15) is 32.1 Å². The molecule has 96 valence electrons. The van der Waals surface area contributed by atoms with Crippen molar-refractivity contribution in [3.63, 3.8) is 0 Å². The van der Waals surface area contributed by atoms with Crippen LogP contribution in [0.4, 0.5) is 11.4 Å². The highest BCUT2D eigenvalue weighted by molar-refractivity contribution is 6.01. The predicted molar refractivity (Wildman–Crippen MR) is 70.7 cm³/mol. The number of rotatable bonds is 0. The highest BCUT2D eigenvalue weighted by atomic mass is 16.3. The van der Waals surface area contributed by atoms with Crippen LogP contribution in [0.5, 0.6) is 5.75 Å². The zero-order chi connectivity index (χ0) is 12.6. The van der Waals surface area contributed by atoms with Gasteiger partial charge in [0.05, 0.1) is 11.1 Å². The summed E-state index contributed by atoms with van der Waals surface area (Å²) in [7, 11) is 0. The fourth-order valence-corrected chi connectivity index (χ4v) is 3.04. The summed E-state index contributed by atoms with van der Waals surface area (Å²) in [6.07, 6.45) is 5.29. The molecule has 0 saturated heterocycles. The molecule has 1 heterocycles. The van der Waals surface area contributed by atoms with Gasteiger partial charge in [0, 0.05) is 6.54 Å². The molecule has 18 heavy (non-hydrogen) atoms. The van der Waals surface area contributed by atoms with Gasteiger partial charge in [-0.15, -0.1) is 0 Å². The molecule has 3 rings (SSSR count). The van der Waals surface area contributed by atoms with Gasteiger partial charge >= 0.3 is 0 Å². The standard InChI is InChI=1S/C14H18N2O2/c17-11-6-4-5-10-12(11)16-13(18)14(9-15-10)7-2-1-3-8-14/h4-6,15,17H,1-3,7-9H2,(H,16,18). The van der Waals surface area contributed by atoms with Crippen LogP contribution in [0.15, 0.2) is 18.2 Å². The number of phenols is 1. The third-order valence-corrected chi connectivity index (χ3v) is 4.19. The van der Waals surface area contributed by atoms with Crippen LogP contribution in [0.3, 0.4) is 0 Å². The molecule has 1 aromatic carbocycles. The maximum atomic E-state index is 12.4. The van der Waals surface area contributed by atoms with E-state index in [4.69, 9.17) is 0 Å². The Balaban J connectivity index is 1.95. The molecule has 1 aliphatic carbocycles. The van der Waals surface area contributed by atoms with Crippen molar-refractivity contribution in [3.05, 3.63) is 18.2 Å². The lowest BCUT2D eigenvalue weighted by molar-refractivity contribution is -0.126. The van der Waals surface area contributed by atoms with Crippen LogP contribution in [-0.2, 0) is 4.79 Å². The van der Waals surface area contributed by atoms with Crippen molar-refractivity contribution in [3.8, 4) is 5.75 Å². The molecule has 3 N–H and O–H groups in total. The van der Waals surface area contributed by atoms with Gasteiger partial charge in [-0.1, -0.05) is 25.3 Å². The fraction of sp³-hybridized carbons (Fsp3) is 0.500. The molecule has 1 saturated carbocycles. The molecule has 1 aromatic rings. The lowest BCUT2D eigenvalue weighted by Gasteiger charge is -2.34. The van der Waals surface area contributed by atoms with E-state index in [9.17, 15) is 9.90 Å². The van der Waals surface area contributed by atoms with Crippen molar-refractivity contribution in [2.75, 3.05) is 17.2 Å². The summed E-state index contributed by atoms with van der Waals surface area (Å²) in [4.78, 5) is 12.4. The van der Waals surface area contributed by atoms with Gasteiger partial charge in [-0.25, -0.2) is 0 Å². The van der Waals surface area contributed by atoms with E-state index < -0.39 is 0 Å². The van der Waals surface area contributed by atoms with Gasteiger partial charge in [-0.2, -0.15) is 0 Å². The van der Waals surface area contributed by atoms with Crippen molar-refractivity contribution in [2.24, 2.45) is 5.41 Å². The largest absolute Gasteiger partial charge is 0.506 e. The van der Waals surface area contributed by atoms with Crippen molar-refractivity contribution in [1.82, 2.24) is 0 Å². The van der Waals surface area contributed by atoms with Gasteiger partial charge in [0.2, 0.25) is 5.91 Å². The minimum absolute atomic E-state index is 0.0509. The quantitative estimate of drug-likeness (QED) is 0.617. The van der Waals surface area contributed by atoms with E-state index >= 15 is 0 Å². The summed E-state index contributed by atoms with van der Waals surface area (Å²) in [5, 5.41) is 16.0. The third-order valence-electron chi connectivity index (χ3n) is 4.19. The number of nitrogens with one attached hydrogen (secondary N) is 2. The van der Waals surface area contributed by atoms with Gasteiger partial charge in [0.25, 0.3) is 0 Å². The summed E-state index contributed by atoms with van der Waals surface area (Å²) in [6.45, 7) is 0.662. The topological polar surface area (TPSA) is 61.4 Å². The lowest BCUT2D eigenvalue weighted by atomic mass is 9.73. The maximum absolute atomic E-state index is 12.4. The zero-order valence-corrected chi connectivity index (χ0v) is 10.3. The Labute approximate surface area is 106 Å².